The van der Waals surface area contributed by atoms with Crippen LogP contribution >= 0.6 is 0 Å². The van der Waals surface area contributed by atoms with Gasteiger partial charge >= 0.3 is 0 Å². The Balaban J connectivity index is 1.47. The first-order valence-corrected chi connectivity index (χ1v) is 8.57. The molecule has 2 unspecified atom stereocenters. The van der Waals surface area contributed by atoms with E-state index >= 15 is 0 Å². The van der Waals surface area contributed by atoms with Crippen molar-refractivity contribution < 1.29 is 9.59 Å². The second-order valence-corrected chi connectivity index (χ2v) is 7.41. The zero-order valence-corrected chi connectivity index (χ0v) is 13.4. The molecule has 0 saturated heterocycles. The standard InChI is InChI=1S/C17H28N2O2/c1-18(17(21)14-9-12-8-13(12)10-14)11-16(20)19(2)15-6-4-3-5-7-15/h12-15H,3-11H2,1-2H3. The van der Waals surface area contributed by atoms with Crippen molar-refractivity contribution >= 4 is 11.8 Å². The molecule has 2 atom stereocenters. The first-order chi connectivity index (χ1) is 10.1. The predicted octanol–water partition coefficient (Wildman–Crippen LogP) is 2.28. The minimum Gasteiger partial charge on any atom is -0.341 e. The van der Waals surface area contributed by atoms with Gasteiger partial charge in [-0.25, -0.2) is 0 Å². The van der Waals surface area contributed by atoms with E-state index in [-0.39, 0.29) is 24.3 Å². The molecule has 3 aliphatic rings. The quantitative estimate of drug-likeness (QED) is 0.797. The molecular formula is C17H28N2O2. The molecule has 3 rings (SSSR count). The Bertz CT molecular complexity index is 407. The van der Waals surface area contributed by atoms with Gasteiger partial charge in [0.05, 0.1) is 6.54 Å². The zero-order chi connectivity index (χ0) is 15.0. The number of hydrogen-bond donors (Lipinski definition) is 0. The number of carbonyl (C=O) groups is 2. The summed E-state index contributed by atoms with van der Waals surface area (Å²) in [6.45, 7) is 0.248. The number of likely N-dealkylation sites (N-methyl/N-ethyl adjacent to an activating group) is 2. The molecule has 2 amide bonds. The topological polar surface area (TPSA) is 40.6 Å². The molecule has 3 saturated carbocycles. The summed E-state index contributed by atoms with van der Waals surface area (Å²) in [6, 6.07) is 0.383. The smallest absolute Gasteiger partial charge is 0.242 e. The van der Waals surface area contributed by atoms with Crippen LogP contribution in [-0.2, 0) is 9.59 Å². The molecule has 0 heterocycles. The maximum absolute atomic E-state index is 12.4. The molecule has 0 radical (unpaired) electrons. The predicted molar refractivity (Wildman–Crippen MR) is 81.6 cm³/mol. The van der Waals surface area contributed by atoms with Gasteiger partial charge in [-0.1, -0.05) is 19.3 Å². The van der Waals surface area contributed by atoms with Crippen LogP contribution in [-0.4, -0.2) is 48.3 Å². The molecule has 0 N–H and O–H groups in total. The van der Waals surface area contributed by atoms with Crippen molar-refractivity contribution in [2.75, 3.05) is 20.6 Å². The van der Waals surface area contributed by atoms with Crippen LogP contribution in [0.4, 0.5) is 0 Å². The van der Waals surface area contributed by atoms with Gasteiger partial charge < -0.3 is 9.80 Å². The van der Waals surface area contributed by atoms with Gasteiger partial charge in [0.1, 0.15) is 0 Å². The summed E-state index contributed by atoms with van der Waals surface area (Å²) in [5, 5.41) is 0. The van der Waals surface area contributed by atoms with Crippen molar-refractivity contribution in [1.82, 2.24) is 9.80 Å². The minimum atomic E-state index is 0.0981. The van der Waals surface area contributed by atoms with Crippen LogP contribution in [0.5, 0.6) is 0 Å². The van der Waals surface area contributed by atoms with Gasteiger partial charge in [0.15, 0.2) is 0 Å². The van der Waals surface area contributed by atoms with E-state index in [4.69, 9.17) is 0 Å². The van der Waals surface area contributed by atoms with Crippen LogP contribution in [0, 0.1) is 17.8 Å². The molecule has 4 nitrogen and oxygen atoms in total. The summed E-state index contributed by atoms with van der Waals surface area (Å²) in [5.41, 5.74) is 0. The second-order valence-electron chi connectivity index (χ2n) is 7.41. The fourth-order valence-corrected chi connectivity index (χ4v) is 4.29. The van der Waals surface area contributed by atoms with Crippen LogP contribution < -0.4 is 0 Å². The molecule has 0 bridgehead atoms. The van der Waals surface area contributed by atoms with Crippen LogP contribution in [0.1, 0.15) is 51.4 Å². The molecule has 3 aliphatic carbocycles. The highest BCUT2D eigenvalue weighted by molar-refractivity contribution is 5.86. The van der Waals surface area contributed by atoms with E-state index in [1.54, 1.807) is 11.9 Å². The molecular weight excluding hydrogens is 264 g/mol. The third-order valence-electron chi connectivity index (χ3n) is 5.86. The summed E-state index contributed by atoms with van der Waals surface area (Å²) in [6.07, 6.45) is 9.42. The van der Waals surface area contributed by atoms with Crippen LogP contribution in [0.2, 0.25) is 0 Å². The number of nitrogens with zero attached hydrogens (tertiary/aromatic N) is 2. The molecule has 0 aromatic carbocycles. The minimum absolute atomic E-state index is 0.0981. The fourth-order valence-electron chi connectivity index (χ4n) is 4.29. The number of amides is 2. The van der Waals surface area contributed by atoms with E-state index < -0.39 is 0 Å². The number of rotatable bonds is 4. The molecule has 0 spiro atoms. The third-order valence-corrected chi connectivity index (χ3v) is 5.86. The van der Waals surface area contributed by atoms with Gasteiger partial charge in [0, 0.05) is 26.1 Å². The summed E-state index contributed by atoms with van der Waals surface area (Å²) < 4.78 is 0. The van der Waals surface area contributed by atoms with Gasteiger partial charge in [-0.2, -0.15) is 0 Å². The molecule has 21 heavy (non-hydrogen) atoms. The lowest BCUT2D eigenvalue weighted by molar-refractivity contribution is -0.142. The van der Waals surface area contributed by atoms with Crippen molar-refractivity contribution in [3.05, 3.63) is 0 Å². The van der Waals surface area contributed by atoms with Gasteiger partial charge in [-0.05, 0) is 43.9 Å². The number of fused-ring (bicyclic) bond motifs is 1. The lowest BCUT2D eigenvalue weighted by Gasteiger charge is -2.32. The van der Waals surface area contributed by atoms with Gasteiger partial charge in [-0.3, -0.25) is 9.59 Å². The van der Waals surface area contributed by atoms with Crippen molar-refractivity contribution in [3.8, 4) is 0 Å². The summed E-state index contributed by atoms with van der Waals surface area (Å²) in [4.78, 5) is 28.3. The SMILES string of the molecule is CN(CC(=O)N(C)C1CCCCC1)C(=O)C1CC2CC2C1. The van der Waals surface area contributed by atoms with E-state index in [2.05, 4.69) is 0 Å². The van der Waals surface area contributed by atoms with Crippen molar-refractivity contribution in [2.24, 2.45) is 17.8 Å². The second kappa shape index (κ2) is 5.98. The maximum Gasteiger partial charge on any atom is 0.242 e. The highest BCUT2D eigenvalue weighted by Gasteiger charge is 2.48. The molecule has 0 aromatic heterocycles. The highest BCUT2D eigenvalue weighted by Crippen LogP contribution is 2.54. The van der Waals surface area contributed by atoms with E-state index in [0.717, 1.165) is 37.5 Å². The first-order valence-electron chi connectivity index (χ1n) is 8.57. The summed E-state index contributed by atoms with van der Waals surface area (Å²) >= 11 is 0. The molecule has 0 aliphatic heterocycles. The highest BCUT2D eigenvalue weighted by atomic mass is 16.2. The van der Waals surface area contributed by atoms with Crippen molar-refractivity contribution in [1.29, 1.82) is 0 Å². The van der Waals surface area contributed by atoms with Gasteiger partial charge in [0.2, 0.25) is 11.8 Å². The monoisotopic (exact) mass is 292 g/mol. The Labute approximate surface area is 127 Å². The maximum atomic E-state index is 12.4. The Morgan fingerprint density at radius 1 is 0.952 bits per heavy atom. The summed E-state index contributed by atoms with van der Waals surface area (Å²) in [5.74, 6) is 2.10. The van der Waals surface area contributed by atoms with E-state index in [9.17, 15) is 9.59 Å². The molecule has 4 heteroatoms. The van der Waals surface area contributed by atoms with E-state index in [1.807, 2.05) is 11.9 Å². The van der Waals surface area contributed by atoms with Crippen molar-refractivity contribution in [3.63, 3.8) is 0 Å². The van der Waals surface area contributed by atoms with Crippen LogP contribution in [0.15, 0.2) is 0 Å². The fraction of sp³-hybridized carbons (Fsp3) is 0.882. The van der Waals surface area contributed by atoms with Crippen molar-refractivity contribution in [2.45, 2.75) is 57.4 Å². The van der Waals surface area contributed by atoms with Gasteiger partial charge in [-0.15, -0.1) is 0 Å². The largest absolute Gasteiger partial charge is 0.341 e. The molecule has 3 fully saturated rings. The zero-order valence-electron chi connectivity index (χ0n) is 13.4. The molecule has 0 aromatic rings. The summed E-state index contributed by atoms with van der Waals surface area (Å²) in [7, 11) is 3.69. The van der Waals surface area contributed by atoms with Crippen LogP contribution in [0.25, 0.3) is 0 Å². The normalized spacial score (nSPS) is 31.6. The average molecular weight is 292 g/mol. The Hall–Kier alpha value is -1.06. The Morgan fingerprint density at radius 2 is 1.57 bits per heavy atom. The number of hydrogen-bond acceptors (Lipinski definition) is 2. The Morgan fingerprint density at radius 3 is 2.19 bits per heavy atom. The molecule has 118 valence electrons. The lowest BCUT2D eigenvalue weighted by Crippen LogP contribution is -2.45. The third kappa shape index (κ3) is 3.24. The van der Waals surface area contributed by atoms with E-state index in [0.29, 0.717) is 6.04 Å². The lowest BCUT2D eigenvalue weighted by atomic mass is 9.94. The van der Waals surface area contributed by atoms with Crippen LogP contribution in [0.3, 0.4) is 0 Å². The number of carbonyl (C=O) groups excluding carboxylic acids is 2. The van der Waals surface area contributed by atoms with Gasteiger partial charge in [0.25, 0.3) is 0 Å². The average Bonchev–Trinajstić information content (AvgIpc) is 3.12. The first kappa shape index (κ1) is 14.9. The van der Waals surface area contributed by atoms with E-state index in [1.165, 1.54) is 25.7 Å². The Kier molecular flexibility index (Phi) is 4.23.